The summed E-state index contributed by atoms with van der Waals surface area (Å²) in [6.45, 7) is 11.4. The minimum atomic E-state index is 0.645. The normalized spacial score (nSPS) is 15.3. The Morgan fingerprint density at radius 1 is 1.13 bits per heavy atom. The molecule has 0 saturated carbocycles. The number of pyridine rings is 1. The molecule has 4 heteroatoms. The highest BCUT2D eigenvalue weighted by molar-refractivity contribution is 7.81. The summed E-state index contributed by atoms with van der Waals surface area (Å²) in [4.78, 5) is 4.32. The van der Waals surface area contributed by atoms with Crippen molar-refractivity contribution in [3.05, 3.63) is 95.4 Å². The van der Waals surface area contributed by atoms with Gasteiger partial charge < -0.3 is 5.32 Å². The highest BCUT2D eigenvalue weighted by atomic mass is 32.1. The van der Waals surface area contributed by atoms with Gasteiger partial charge >= 0.3 is 0 Å². The van der Waals surface area contributed by atoms with Gasteiger partial charge in [0.15, 0.2) is 0 Å². The lowest BCUT2D eigenvalue weighted by Gasteiger charge is -2.27. The molecule has 1 aromatic heterocycles. The standard InChI is InChI=1S/C17H17N3S.C9H14/c1-12-14-7-3-4-8-16(14)19-13(2)15(12)11-20(21)17-9-5-6-10-18-17;1-3-9-7-5-4-6-8(9)2/h3-10,19,21H,1,11H2,2H3;4,6H,3,5,7H2,1-2H3. The molecule has 1 aliphatic carbocycles. The van der Waals surface area contributed by atoms with Gasteiger partial charge in [-0.15, -0.1) is 0 Å². The third-order valence-electron chi connectivity index (χ3n) is 5.58. The number of benzene rings is 1. The van der Waals surface area contributed by atoms with Crippen LogP contribution in [0.2, 0.25) is 0 Å². The van der Waals surface area contributed by atoms with Gasteiger partial charge in [-0.1, -0.05) is 73.9 Å². The lowest BCUT2D eigenvalue weighted by atomic mass is 9.93. The van der Waals surface area contributed by atoms with Crippen LogP contribution in [0.1, 0.15) is 45.6 Å². The number of nitrogens with zero attached hydrogens (tertiary/aromatic N) is 2. The molecule has 2 aromatic rings. The van der Waals surface area contributed by atoms with Gasteiger partial charge in [-0.05, 0) is 62.5 Å². The van der Waals surface area contributed by atoms with Crippen LogP contribution in [0.15, 0.2) is 89.8 Å². The molecule has 1 aromatic carbocycles. The lowest BCUT2D eigenvalue weighted by Crippen LogP contribution is -2.21. The van der Waals surface area contributed by atoms with Crippen molar-refractivity contribution in [3.63, 3.8) is 0 Å². The van der Waals surface area contributed by atoms with E-state index in [1.165, 1.54) is 24.8 Å². The number of thiol groups is 1. The highest BCUT2D eigenvalue weighted by Crippen LogP contribution is 2.36. The van der Waals surface area contributed by atoms with E-state index in [1.54, 1.807) is 11.8 Å². The van der Waals surface area contributed by atoms with Gasteiger partial charge in [-0.3, -0.25) is 4.31 Å². The number of nitrogens with one attached hydrogen (secondary N) is 1. The Morgan fingerprint density at radius 3 is 2.57 bits per heavy atom. The van der Waals surface area contributed by atoms with Crippen LogP contribution in [0.3, 0.4) is 0 Å². The molecule has 0 bridgehead atoms. The summed E-state index contributed by atoms with van der Waals surface area (Å²) < 4.78 is 1.83. The van der Waals surface area contributed by atoms with Gasteiger partial charge in [0.05, 0.1) is 6.54 Å². The number of allylic oxidation sites excluding steroid dienone is 5. The molecule has 0 atom stereocenters. The van der Waals surface area contributed by atoms with Crippen LogP contribution in [-0.4, -0.2) is 11.5 Å². The SMILES string of the molecule is C=C1C(CN(S)c2ccccn2)=C(C)Nc2ccccc21.CCC1=C(C)C=CCC1. The Kier molecular flexibility index (Phi) is 7.58. The molecule has 0 amide bonds. The van der Waals surface area contributed by atoms with Crippen molar-refractivity contribution in [2.24, 2.45) is 0 Å². The average Bonchev–Trinajstić information content (AvgIpc) is 2.78. The Hall–Kier alpha value is -2.72. The van der Waals surface area contributed by atoms with Gasteiger partial charge in [0, 0.05) is 23.1 Å². The molecule has 2 heterocycles. The van der Waals surface area contributed by atoms with Crippen LogP contribution in [0, 0.1) is 0 Å². The lowest BCUT2D eigenvalue weighted by molar-refractivity contribution is 0.875. The van der Waals surface area contributed by atoms with E-state index in [2.05, 4.69) is 74.8 Å². The third kappa shape index (κ3) is 5.25. The Morgan fingerprint density at radius 2 is 1.90 bits per heavy atom. The molecule has 1 N–H and O–H groups in total. The van der Waals surface area contributed by atoms with E-state index in [9.17, 15) is 0 Å². The maximum Gasteiger partial charge on any atom is 0.138 e. The van der Waals surface area contributed by atoms with Gasteiger partial charge in [-0.2, -0.15) is 0 Å². The summed E-state index contributed by atoms with van der Waals surface area (Å²) >= 11 is 4.55. The first-order valence-electron chi connectivity index (χ1n) is 10.5. The van der Waals surface area contributed by atoms with E-state index in [0.717, 1.165) is 33.9 Å². The summed E-state index contributed by atoms with van der Waals surface area (Å²) in [6.07, 6.45) is 10.0. The number of fused-ring (bicyclic) bond motifs is 1. The second-order valence-electron chi connectivity index (χ2n) is 7.58. The monoisotopic (exact) mass is 417 g/mol. The second kappa shape index (κ2) is 10.4. The summed E-state index contributed by atoms with van der Waals surface area (Å²) in [5, 5.41) is 3.43. The molecule has 0 spiro atoms. The van der Waals surface area contributed by atoms with E-state index in [1.807, 2.05) is 34.6 Å². The molecule has 3 nitrogen and oxygen atoms in total. The molecule has 30 heavy (non-hydrogen) atoms. The largest absolute Gasteiger partial charge is 0.358 e. The van der Waals surface area contributed by atoms with Gasteiger partial charge in [0.25, 0.3) is 0 Å². The molecule has 0 saturated heterocycles. The molecule has 1 aliphatic heterocycles. The molecule has 0 unspecified atom stereocenters. The first kappa shape index (κ1) is 22.0. The molecular weight excluding hydrogens is 386 g/mol. The zero-order valence-corrected chi connectivity index (χ0v) is 19.0. The van der Waals surface area contributed by atoms with E-state index in [4.69, 9.17) is 0 Å². The van der Waals surface area contributed by atoms with Crippen molar-refractivity contribution >= 4 is 29.9 Å². The first-order valence-corrected chi connectivity index (χ1v) is 10.9. The molecule has 4 rings (SSSR count). The van der Waals surface area contributed by atoms with E-state index in [0.29, 0.717) is 6.54 Å². The van der Waals surface area contributed by atoms with E-state index in [-0.39, 0.29) is 0 Å². The number of hydrogen-bond donors (Lipinski definition) is 2. The van der Waals surface area contributed by atoms with E-state index >= 15 is 0 Å². The molecule has 0 fully saturated rings. The van der Waals surface area contributed by atoms with Crippen LogP contribution in [0.5, 0.6) is 0 Å². The van der Waals surface area contributed by atoms with Crippen LogP contribution in [-0.2, 0) is 0 Å². The highest BCUT2D eigenvalue weighted by Gasteiger charge is 2.20. The minimum Gasteiger partial charge on any atom is -0.358 e. The number of aromatic nitrogens is 1. The quantitative estimate of drug-likeness (QED) is 0.515. The first-order chi connectivity index (χ1) is 14.5. The van der Waals surface area contributed by atoms with Gasteiger partial charge in [0.2, 0.25) is 0 Å². The van der Waals surface area contributed by atoms with Crippen molar-refractivity contribution in [2.75, 3.05) is 16.2 Å². The maximum atomic E-state index is 4.55. The summed E-state index contributed by atoms with van der Waals surface area (Å²) in [7, 11) is 0. The van der Waals surface area contributed by atoms with Crippen molar-refractivity contribution in [2.45, 2.75) is 40.0 Å². The number of para-hydroxylation sites is 1. The fourth-order valence-electron chi connectivity index (χ4n) is 3.76. The second-order valence-corrected chi connectivity index (χ2v) is 8.06. The van der Waals surface area contributed by atoms with Crippen LogP contribution >= 0.6 is 12.8 Å². The number of rotatable bonds is 4. The summed E-state index contributed by atoms with van der Waals surface area (Å²) in [6, 6.07) is 14.0. The fraction of sp³-hybridized carbons (Fsp3) is 0.269. The minimum absolute atomic E-state index is 0.645. The molecule has 2 aliphatic rings. The van der Waals surface area contributed by atoms with Crippen molar-refractivity contribution in [1.29, 1.82) is 0 Å². The molecular formula is C26H31N3S. The predicted molar refractivity (Wildman–Crippen MR) is 134 cm³/mol. The zero-order valence-electron chi connectivity index (χ0n) is 18.2. The molecule has 0 radical (unpaired) electrons. The number of anilines is 2. The molecule has 156 valence electrons. The maximum absolute atomic E-state index is 4.55. The fourth-order valence-corrected chi connectivity index (χ4v) is 4.02. The average molecular weight is 418 g/mol. The van der Waals surface area contributed by atoms with Crippen molar-refractivity contribution in [1.82, 2.24) is 4.98 Å². The third-order valence-corrected chi connectivity index (χ3v) is 5.92. The van der Waals surface area contributed by atoms with Gasteiger partial charge in [0.1, 0.15) is 5.82 Å². The predicted octanol–water partition coefficient (Wildman–Crippen LogP) is 7.21. The summed E-state index contributed by atoms with van der Waals surface area (Å²) in [5.74, 6) is 0.827. The van der Waals surface area contributed by atoms with Crippen molar-refractivity contribution in [3.8, 4) is 0 Å². The Labute approximate surface area is 186 Å². The van der Waals surface area contributed by atoms with Crippen LogP contribution in [0.25, 0.3) is 5.57 Å². The van der Waals surface area contributed by atoms with Crippen LogP contribution < -0.4 is 9.62 Å². The van der Waals surface area contributed by atoms with Crippen molar-refractivity contribution < 1.29 is 0 Å². The Balaban J connectivity index is 0.000000239. The topological polar surface area (TPSA) is 28.2 Å². The number of hydrogen-bond acceptors (Lipinski definition) is 4. The Bertz CT molecular complexity index is 986. The van der Waals surface area contributed by atoms with Crippen LogP contribution in [0.4, 0.5) is 11.5 Å². The zero-order chi connectivity index (χ0) is 21.5. The summed E-state index contributed by atoms with van der Waals surface area (Å²) in [5.41, 5.74) is 8.66. The van der Waals surface area contributed by atoms with E-state index < -0.39 is 0 Å². The smallest absolute Gasteiger partial charge is 0.138 e. The van der Waals surface area contributed by atoms with Gasteiger partial charge in [-0.25, -0.2) is 4.98 Å².